The predicted molar refractivity (Wildman–Crippen MR) is 111 cm³/mol. The lowest BCUT2D eigenvalue weighted by Gasteiger charge is -2.15. The molecule has 1 amide bonds. The van der Waals surface area contributed by atoms with E-state index in [9.17, 15) is 13.2 Å². The summed E-state index contributed by atoms with van der Waals surface area (Å²) in [4.78, 5) is 20.1. The molecule has 0 radical (unpaired) electrons. The van der Waals surface area contributed by atoms with Gasteiger partial charge in [-0.2, -0.15) is 0 Å². The van der Waals surface area contributed by atoms with E-state index in [1.165, 1.54) is 43.8 Å². The molecule has 10 heteroatoms. The second-order valence-electron chi connectivity index (χ2n) is 6.11. The number of nitrogens with zero attached hydrogens (tertiary/aromatic N) is 2. The zero-order chi connectivity index (χ0) is 21.6. The van der Waals surface area contributed by atoms with Gasteiger partial charge in [-0.3, -0.25) is 9.52 Å². The van der Waals surface area contributed by atoms with Crippen LogP contribution in [0.4, 0.5) is 11.5 Å². The summed E-state index contributed by atoms with van der Waals surface area (Å²) in [7, 11) is -2.56. The summed E-state index contributed by atoms with van der Waals surface area (Å²) in [6, 6.07) is 14.7. The molecule has 0 saturated heterocycles. The summed E-state index contributed by atoms with van der Waals surface area (Å²) in [6.07, 6.45) is 2.00. The number of aromatic nitrogens is 2. The number of anilines is 2. The van der Waals surface area contributed by atoms with Crippen LogP contribution in [-0.4, -0.2) is 37.5 Å². The van der Waals surface area contributed by atoms with E-state index in [-0.39, 0.29) is 22.5 Å². The van der Waals surface area contributed by atoms with E-state index in [0.717, 1.165) is 0 Å². The fraction of sp³-hybridized carbons (Fsp3) is 0.150. The molecule has 0 fully saturated rings. The molecule has 3 rings (SSSR count). The third kappa shape index (κ3) is 5.23. The molecule has 0 spiro atoms. The standard InChI is InChI=1S/C20H20N4O5S/c1-14(29-16-6-4-3-5-7-16)19(25)23-15-8-10-17(11-9-15)30(26,27)24-18-20(28-2)22-13-12-21-18/h3-14H,1-2H3,(H,21,24)(H,23,25). The quantitative estimate of drug-likeness (QED) is 0.566. The minimum atomic E-state index is -3.92. The molecule has 0 bridgehead atoms. The Kier molecular flexibility index (Phi) is 6.48. The van der Waals surface area contributed by atoms with Crippen molar-refractivity contribution in [3.8, 4) is 11.6 Å². The molecule has 156 valence electrons. The molecule has 1 aromatic heterocycles. The number of sulfonamides is 1. The van der Waals surface area contributed by atoms with Crippen LogP contribution in [0.25, 0.3) is 0 Å². The maximum Gasteiger partial charge on any atom is 0.265 e. The van der Waals surface area contributed by atoms with Crippen molar-refractivity contribution in [1.82, 2.24) is 9.97 Å². The van der Waals surface area contributed by atoms with Crippen LogP contribution in [0.2, 0.25) is 0 Å². The summed E-state index contributed by atoms with van der Waals surface area (Å²) in [5.74, 6) is 0.241. The Morgan fingerprint density at radius 1 is 1.00 bits per heavy atom. The first-order chi connectivity index (χ1) is 14.4. The highest BCUT2D eigenvalue weighted by Crippen LogP contribution is 2.22. The van der Waals surface area contributed by atoms with Gasteiger partial charge < -0.3 is 14.8 Å². The molecule has 9 nitrogen and oxygen atoms in total. The molecule has 0 aliphatic rings. The Hall–Kier alpha value is -3.66. The number of benzene rings is 2. The molecule has 0 saturated carbocycles. The maximum absolute atomic E-state index is 12.6. The number of carbonyl (C=O) groups excluding carboxylic acids is 1. The Morgan fingerprint density at radius 3 is 2.33 bits per heavy atom. The molecular formula is C20H20N4O5S. The van der Waals surface area contributed by atoms with Gasteiger partial charge in [0.15, 0.2) is 6.10 Å². The normalized spacial score (nSPS) is 11.9. The van der Waals surface area contributed by atoms with E-state index in [1.54, 1.807) is 19.1 Å². The Balaban J connectivity index is 1.66. The van der Waals surface area contributed by atoms with Crippen LogP contribution >= 0.6 is 0 Å². The zero-order valence-corrected chi connectivity index (χ0v) is 17.1. The number of methoxy groups -OCH3 is 1. The smallest absolute Gasteiger partial charge is 0.265 e. The van der Waals surface area contributed by atoms with Crippen LogP contribution in [0.15, 0.2) is 71.9 Å². The molecule has 0 aliphatic carbocycles. The third-order valence-corrected chi connectivity index (χ3v) is 5.30. The summed E-state index contributed by atoms with van der Waals surface area (Å²) in [5, 5.41) is 2.69. The van der Waals surface area contributed by atoms with Gasteiger partial charge in [-0.05, 0) is 43.3 Å². The summed E-state index contributed by atoms with van der Waals surface area (Å²) >= 11 is 0. The highest BCUT2D eigenvalue weighted by Gasteiger charge is 2.19. The Labute approximate surface area is 174 Å². The maximum atomic E-state index is 12.6. The lowest BCUT2D eigenvalue weighted by Crippen LogP contribution is -2.30. The number of ether oxygens (including phenoxy) is 2. The van der Waals surface area contributed by atoms with Crippen LogP contribution in [0, 0.1) is 0 Å². The average molecular weight is 428 g/mol. The van der Waals surface area contributed by atoms with E-state index in [4.69, 9.17) is 9.47 Å². The first kappa shape index (κ1) is 21.1. The third-order valence-electron chi connectivity index (χ3n) is 3.95. The van der Waals surface area contributed by atoms with Crippen molar-refractivity contribution >= 4 is 27.4 Å². The number of hydrogen-bond acceptors (Lipinski definition) is 7. The van der Waals surface area contributed by atoms with Crippen molar-refractivity contribution in [2.24, 2.45) is 0 Å². The molecule has 2 N–H and O–H groups in total. The first-order valence-electron chi connectivity index (χ1n) is 8.89. The SMILES string of the molecule is COc1nccnc1NS(=O)(=O)c1ccc(NC(=O)C(C)Oc2ccccc2)cc1. The van der Waals surface area contributed by atoms with Crippen molar-refractivity contribution in [2.75, 3.05) is 17.1 Å². The summed E-state index contributed by atoms with van der Waals surface area (Å²) in [5.41, 5.74) is 0.430. The van der Waals surface area contributed by atoms with Gasteiger partial charge in [0.2, 0.25) is 5.82 Å². The lowest BCUT2D eigenvalue weighted by molar-refractivity contribution is -0.122. The lowest BCUT2D eigenvalue weighted by atomic mass is 10.3. The fourth-order valence-electron chi connectivity index (χ4n) is 2.45. The van der Waals surface area contributed by atoms with Crippen LogP contribution in [-0.2, 0) is 14.8 Å². The molecule has 2 aromatic carbocycles. The Morgan fingerprint density at radius 2 is 1.67 bits per heavy atom. The van der Waals surface area contributed by atoms with Gasteiger partial charge in [-0.25, -0.2) is 18.4 Å². The Bertz CT molecular complexity index is 1110. The van der Waals surface area contributed by atoms with E-state index in [1.807, 2.05) is 18.2 Å². The molecule has 3 aromatic rings. The van der Waals surface area contributed by atoms with E-state index in [0.29, 0.717) is 11.4 Å². The van der Waals surface area contributed by atoms with Crippen LogP contribution in [0.5, 0.6) is 11.6 Å². The molecule has 1 unspecified atom stereocenters. The number of amides is 1. The summed E-state index contributed by atoms with van der Waals surface area (Å²) < 4.78 is 38.0. The van der Waals surface area contributed by atoms with Gasteiger partial charge in [0.25, 0.3) is 21.8 Å². The second-order valence-corrected chi connectivity index (χ2v) is 7.79. The van der Waals surface area contributed by atoms with E-state index < -0.39 is 16.1 Å². The summed E-state index contributed by atoms with van der Waals surface area (Å²) in [6.45, 7) is 1.62. The number of rotatable bonds is 8. The van der Waals surface area contributed by atoms with Gasteiger partial charge in [0.05, 0.1) is 12.0 Å². The minimum Gasteiger partial charge on any atom is -0.481 e. The monoisotopic (exact) mass is 428 g/mol. The topological polar surface area (TPSA) is 120 Å². The van der Waals surface area contributed by atoms with Gasteiger partial charge in [0, 0.05) is 18.1 Å². The van der Waals surface area contributed by atoms with Crippen molar-refractivity contribution < 1.29 is 22.7 Å². The van der Waals surface area contributed by atoms with Crippen LogP contribution in [0.1, 0.15) is 6.92 Å². The zero-order valence-electron chi connectivity index (χ0n) is 16.3. The molecule has 1 atom stereocenters. The number of para-hydroxylation sites is 1. The van der Waals surface area contributed by atoms with E-state index >= 15 is 0 Å². The highest BCUT2D eigenvalue weighted by molar-refractivity contribution is 7.92. The molecule has 30 heavy (non-hydrogen) atoms. The second kappa shape index (κ2) is 9.23. The van der Waals surface area contributed by atoms with Crippen LogP contribution < -0.4 is 19.5 Å². The number of nitrogens with one attached hydrogen (secondary N) is 2. The minimum absolute atomic E-state index is 0.0122. The van der Waals surface area contributed by atoms with Crippen molar-refractivity contribution in [2.45, 2.75) is 17.9 Å². The number of carbonyl (C=O) groups is 1. The fourth-order valence-corrected chi connectivity index (χ4v) is 3.46. The first-order valence-corrected chi connectivity index (χ1v) is 10.4. The van der Waals surface area contributed by atoms with Crippen molar-refractivity contribution in [1.29, 1.82) is 0 Å². The van der Waals surface area contributed by atoms with Gasteiger partial charge in [0.1, 0.15) is 5.75 Å². The van der Waals surface area contributed by atoms with Crippen molar-refractivity contribution in [3.63, 3.8) is 0 Å². The molecule has 0 aliphatic heterocycles. The number of hydrogen-bond donors (Lipinski definition) is 2. The highest BCUT2D eigenvalue weighted by atomic mass is 32.2. The average Bonchev–Trinajstić information content (AvgIpc) is 2.75. The van der Waals surface area contributed by atoms with Crippen molar-refractivity contribution in [3.05, 3.63) is 67.0 Å². The molecular weight excluding hydrogens is 408 g/mol. The van der Waals surface area contributed by atoms with Gasteiger partial charge in [-0.15, -0.1) is 0 Å². The van der Waals surface area contributed by atoms with Gasteiger partial charge >= 0.3 is 0 Å². The predicted octanol–water partition coefficient (Wildman–Crippen LogP) is 2.69. The largest absolute Gasteiger partial charge is 0.481 e. The molecule has 1 heterocycles. The van der Waals surface area contributed by atoms with E-state index in [2.05, 4.69) is 20.0 Å². The van der Waals surface area contributed by atoms with Crippen LogP contribution in [0.3, 0.4) is 0 Å². The van der Waals surface area contributed by atoms with Gasteiger partial charge in [-0.1, -0.05) is 18.2 Å².